The Hall–Kier alpha value is -6.68. The minimum Gasteiger partial charge on any atom is -0.228 e. The van der Waals surface area contributed by atoms with E-state index in [2.05, 4.69) is 170 Å². The van der Waals surface area contributed by atoms with Crippen LogP contribution in [0, 0.1) is 0 Å². The van der Waals surface area contributed by atoms with Gasteiger partial charge in [-0.25, -0.2) is 9.97 Å². The lowest BCUT2D eigenvalue weighted by Gasteiger charge is -2.14. The van der Waals surface area contributed by atoms with E-state index in [0.717, 1.165) is 33.6 Å². The molecule has 11 rings (SSSR count). The SMILES string of the molecule is c1ccc(-c2cc(-c3ccccc3)nc(-c3cccc(-c4ccc5c(c4)c4ccccc4c4ccc6sc7ccc8ccccc8c7c6c45)c3)n2)cc1. The van der Waals surface area contributed by atoms with Crippen LogP contribution < -0.4 is 0 Å². The first-order valence-corrected chi connectivity index (χ1v) is 18.8. The van der Waals surface area contributed by atoms with Gasteiger partial charge in [-0.3, -0.25) is 0 Å². The largest absolute Gasteiger partial charge is 0.228 e. The number of aromatic nitrogens is 2. The summed E-state index contributed by atoms with van der Waals surface area (Å²) in [6.45, 7) is 0. The summed E-state index contributed by atoms with van der Waals surface area (Å²) < 4.78 is 2.65. The maximum Gasteiger partial charge on any atom is 0.160 e. The summed E-state index contributed by atoms with van der Waals surface area (Å²) >= 11 is 1.89. The van der Waals surface area contributed by atoms with Crippen molar-refractivity contribution >= 4 is 74.6 Å². The molecule has 0 radical (unpaired) electrons. The Bertz CT molecular complexity index is 3160. The third-order valence-electron chi connectivity index (χ3n) is 10.6. The van der Waals surface area contributed by atoms with Gasteiger partial charge in [-0.1, -0.05) is 152 Å². The molecule has 0 saturated heterocycles. The van der Waals surface area contributed by atoms with Gasteiger partial charge in [0.25, 0.3) is 0 Å². The smallest absolute Gasteiger partial charge is 0.160 e. The molecule has 0 aliphatic carbocycles. The van der Waals surface area contributed by atoms with Gasteiger partial charge in [-0.05, 0) is 84.5 Å². The minimum atomic E-state index is 0.711. The summed E-state index contributed by atoms with van der Waals surface area (Å²) in [6, 6.07) is 65.4. The molecule has 2 aromatic heterocycles. The first-order valence-electron chi connectivity index (χ1n) is 18.0. The fourth-order valence-electron chi connectivity index (χ4n) is 8.18. The molecule has 0 aliphatic heterocycles. The van der Waals surface area contributed by atoms with Crippen molar-refractivity contribution in [2.45, 2.75) is 0 Å². The van der Waals surface area contributed by atoms with Gasteiger partial charge in [0.05, 0.1) is 11.4 Å². The van der Waals surface area contributed by atoms with E-state index >= 15 is 0 Å². The maximum absolute atomic E-state index is 5.12. The lowest BCUT2D eigenvalue weighted by atomic mass is 9.89. The molecule has 0 amide bonds. The van der Waals surface area contributed by atoms with Gasteiger partial charge in [-0.2, -0.15) is 0 Å². The zero-order valence-corrected chi connectivity index (χ0v) is 29.4. The van der Waals surface area contributed by atoms with Crippen LogP contribution in [0.2, 0.25) is 0 Å². The van der Waals surface area contributed by atoms with E-state index in [1.807, 2.05) is 23.5 Å². The second kappa shape index (κ2) is 11.9. The molecular weight excluding hydrogens is 661 g/mol. The van der Waals surface area contributed by atoms with Crippen LogP contribution in [-0.4, -0.2) is 9.97 Å². The Labute approximate surface area is 310 Å². The standard InChI is InChI=1S/C50H30N2S/c1-3-13-32(14-4-1)43-30-44(33-15-5-2-6-16-33)52-50(51-43)36-18-11-17-34(28-36)35-22-24-41-42(29-35)39-21-10-9-20-38(39)40-25-27-46-49(47(40)41)48-37-19-8-7-12-31(37)23-26-45(48)53-46/h1-30H. The van der Waals surface area contributed by atoms with Gasteiger partial charge in [0, 0.05) is 36.9 Å². The Kier molecular flexibility index (Phi) is 6.76. The van der Waals surface area contributed by atoms with E-state index in [1.165, 1.54) is 68.8 Å². The van der Waals surface area contributed by atoms with Crippen molar-refractivity contribution in [1.29, 1.82) is 0 Å². The zero-order chi connectivity index (χ0) is 34.9. The van der Waals surface area contributed by atoms with Crippen molar-refractivity contribution in [2.75, 3.05) is 0 Å². The predicted octanol–water partition coefficient (Wildman–Crippen LogP) is 14.1. The van der Waals surface area contributed by atoms with E-state index in [1.54, 1.807) is 0 Å². The number of benzene rings is 9. The quantitative estimate of drug-likeness (QED) is 0.172. The first-order chi connectivity index (χ1) is 26.3. The van der Waals surface area contributed by atoms with Gasteiger partial charge in [-0.15, -0.1) is 11.3 Å². The van der Waals surface area contributed by atoms with E-state index < -0.39 is 0 Å². The van der Waals surface area contributed by atoms with E-state index in [-0.39, 0.29) is 0 Å². The Balaban J connectivity index is 1.13. The van der Waals surface area contributed by atoms with Crippen molar-refractivity contribution in [3.8, 4) is 45.0 Å². The van der Waals surface area contributed by atoms with Gasteiger partial charge in [0.2, 0.25) is 0 Å². The van der Waals surface area contributed by atoms with Crippen LogP contribution in [0.15, 0.2) is 182 Å². The van der Waals surface area contributed by atoms with E-state index in [4.69, 9.17) is 9.97 Å². The third kappa shape index (κ3) is 4.86. The fourth-order valence-corrected chi connectivity index (χ4v) is 9.31. The summed E-state index contributed by atoms with van der Waals surface area (Å²) in [7, 11) is 0. The second-order valence-electron chi connectivity index (χ2n) is 13.7. The molecule has 0 unspecified atom stereocenters. The maximum atomic E-state index is 5.12. The number of thiophene rings is 1. The summed E-state index contributed by atoms with van der Waals surface area (Å²) in [6.07, 6.45) is 0. The summed E-state index contributed by atoms with van der Waals surface area (Å²) in [5.74, 6) is 0.711. The average molecular weight is 691 g/mol. The van der Waals surface area contributed by atoms with E-state index in [9.17, 15) is 0 Å². The Morgan fingerprint density at radius 2 is 0.849 bits per heavy atom. The Morgan fingerprint density at radius 3 is 1.60 bits per heavy atom. The Morgan fingerprint density at radius 1 is 0.302 bits per heavy atom. The molecule has 0 spiro atoms. The van der Waals surface area contributed by atoms with Gasteiger partial charge in [0.15, 0.2) is 5.82 Å². The van der Waals surface area contributed by atoms with Crippen LogP contribution in [-0.2, 0) is 0 Å². The highest BCUT2D eigenvalue weighted by atomic mass is 32.1. The fraction of sp³-hybridized carbons (Fsp3) is 0. The van der Waals surface area contributed by atoms with Crippen molar-refractivity contribution in [3.05, 3.63) is 182 Å². The van der Waals surface area contributed by atoms with Gasteiger partial charge < -0.3 is 0 Å². The monoisotopic (exact) mass is 690 g/mol. The van der Waals surface area contributed by atoms with Crippen LogP contribution >= 0.6 is 11.3 Å². The number of hydrogen-bond donors (Lipinski definition) is 0. The lowest BCUT2D eigenvalue weighted by Crippen LogP contribution is -1.96. The van der Waals surface area contributed by atoms with Crippen molar-refractivity contribution in [1.82, 2.24) is 9.97 Å². The molecule has 3 heteroatoms. The topological polar surface area (TPSA) is 25.8 Å². The lowest BCUT2D eigenvalue weighted by molar-refractivity contribution is 1.18. The highest BCUT2D eigenvalue weighted by molar-refractivity contribution is 7.26. The van der Waals surface area contributed by atoms with Crippen molar-refractivity contribution in [2.24, 2.45) is 0 Å². The molecule has 246 valence electrons. The van der Waals surface area contributed by atoms with Crippen LogP contribution in [0.1, 0.15) is 0 Å². The van der Waals surface area contributed by atoms with Crippen molar-refractivity contribution < 1.29 is 0 Å². The number of hydrogen-bond acceptors (Lipinski definition) is 3. The summed E-state index contributed by atoms with van der Waals surface area (Å²) in [5, 5.41) is 13.0. The molecule has 11 aromatic rings. The van der Waals surface area contributed by atoms with Gasteiger partial charge >= 0.3 is 0 Å². The van der Waals surface area contributed by atoms with Crippen molar-refractivity contribution in [3.63, 3.8) is 0 Å². The molecule has 0 atom stereocenters. The van der Waals surface area contributed by atoms with Crippen LogP contribution in [0.25, 0.3) is 108 Å². The third-order valence-corrected chi connectivity index (χ3v) is 11.8. The van der Waals surface area contributed by atoms with Crippen LogP contribution in [0.4, 0.5) is 0 Å². The number of rotatable bonds is 4. The van der Waals surface area contributed by atoms with Gasteiger partial charge in [0.1, 0.15) is 0 Å². The molecule has 2 nitrogen and oxygen atoms in total. The average Bonchev–Trinajstić information content (AvgIpc) is 3.64. The molecule has 2 heterocycles. The zero-order valence-electron chi connectivity index (χ0n) is 28.6. The number of fused-ring (bicyclic) bond motifs is 12. The second-order valence-corrected chi connectivity index (χ2v) is 14.8. The first kappa shape index (κ1) is 30.0. The normalized spacial score (nSPS) is 11.8. The molecule has 0 aliphatic rings. The molecule has 9 aromatic carbocycles. The highest BCUT2D eigenvalue weighted by Crippen LogP contribution is 2.47. The molecule has 0 fully saturated rings. The number of nitrogens with zero attached hydrogens (tertiary/aromatic N) is 2. The predicted molar refractivity (Wildman–Crippen MR) is 227 cm³/mol. The van der Waals surface area contributed by atoms with Crippen LogP contribution in [0.5, 0.6) is 0 Å². The summed E-state index contributed by atoms with van der Waals surface area (Å²) in [4.78, 5) is 10.2. The molecular formula is C50H30N2S. The highest BCUT2D eigenvalue weighted by Gasteiger charge is 2.18. The van der Waals surface area contributed by atoms with E-state index in [0.29, 0.717) is 5.82 Å². The van der Waals surface area contributed by atoms with Crippen LogP contribution in [0.3, 0.4) is 0 Å². The minimum absolute atomic E-state index is 0.711. The molecule has 0 N–H and O–H groups in total. The molecule has 0 saturated carbocycles. The molecule has 53 heavy (non-hydrogen) atoms. The summed E-state index contributed by atoms with van der Waals surface area (Å²) in [5.41, 5.74) is 7.23. The molecule has 0 bridgehead atoms.